The van der Waals surface area contributed by atoms with Crippen LogP contribution < -0.4 is 4.90 Å². The minimum absolute atomic E-state index is 0.685. The molecule has 0 unspecified atom stereocenters. The third-order valence-corrected chi connectivity index (χ3v) is 6.47. The average Bonchev–Trinajstić information content (AvgIpc) is 3.30. The lowest BCUT2D eigenvalue weighted by molar-refractivity contribution is 0.708. The van der Waals surface area contributed by atoms with Crippen molar-refractivity contribution < 1.29 is 0 Å². The second-order valence-electron chi connectivity index (χ2n) is 8.03. The Bertz CT molecular complexity index is 1180. The highest BCUT2D eigenvalue weighted by Crippen LogP contribution is 2.29. The highest BCUT2D eigenvalue weighted by molar-refractivity contribution is 7.99. The Morgan fingerprint density at radius 2 is 1.67 bits per heavy atom. The summed E-state index contributed by atoms with van der Waals surface area (Å²) in [6.07, 6.45) is 6.32. The molecular formula is C28H28N4S. The van der Waals surface area contributed by atoms with E-state index in [9.17, 15) is 0 Å². The second-order valence-corrected chi connectivity index (χ2v) is 9.18. The highest BCUT2D eigenvalue weighted by atomic mass is 32.2. The molecule has 0 amide bonds. The Balaban J connectivity index is 1.42. The van der Waals surface area contributed by atoms with Gasteiger partial charge in [0.05, 0.1) is 30.2 Å². The lowest BCUT2D eigenvalue weighted by Gasteiger charge is -2.24. The molecule has 0 spiro atoms. The van der Waals surface area contributed by atoms with Gasteiger partial charge in [0.15, 0.2) is 0 Å². The van der Waals surface area contributed by atoms with E-state index in [1.165, 1.54) is 15.5 Å². The lowest BCUT2D eigenvalue weighted by Crippen LogP contribution is -2.24. The Kier molecular flexibility index (Phi) is 7.84. The van der Waals surface area contributed by atoms with Crippen LogP contribution in [0.25, 0.3) is 0 Å². The van der Waals surface area contributed by atoms with E-state index >= 15 is 0 Å². The average molecular weight is 453 g/mol. The zero-order valence-electron chi connectivity index (χ0n) is 18.9. The van der Waals surface area contributed by atoms with E-state index in [-0.39, 0.29) is 0 Å². The standard InChI is InChI=1S/C28H28N4S/c1-2-3-17-32(26-13-15-28(16-14-26)33-27-7-5-4-6-8-27)21-25-20-31(22-30-25)19-24-11-9-23(18-29)10-12-24/h4-16,20,22H,2-3,17,19,21H2,1H3. The van der Waals surface area contributed by atoms with Crippen LogP contribution in [0.15, 0.2) is 101 Å². The first-order valence-corrected chi connectivity index (χ1v) is 12.1. The molecule has 0 radical (unpaired) electrons. The Morgan fingerprint density at radius 1 is 0.939 bits per heavy atom. The Hall–Kier alpha value is -3.49. The smallest absolute Gasteiger partial charge is 0.0991 e. The molecule has 0 aliphatic rings. The van der Waals surface area contributed by atoms with Crippen molar-refractivity contribution in [2.75, 3.05) is 11.4 Å². The van der Waals surface area contributed by atoms with Crippen LogP contribution in [0.1, 0.15) is 36.6 Å². The molecular weight excluding hydrogens is 424 g/mol. The topological polar surface area (TPSA) is 44.9 Å². The molecule has 1 heterocycles. The van der Waals surface area contributed by atoms with Crippen LogP contribution in [0, 0.1) is 11.3 Å². The van der Waals surface area contributed by atoms with Gasteiger partial charge in [-0.2, -0.15) is 5.26 Å². The predicted octanol–water partition coefficient (Wildman–Crippen LogP) is 6.76. The van der Waals surface area contributed by atoms with Gasteiger partial charge >= 0.3 is 0 Å². The maximum atomic E-state index is 8.97. The van der Waals surface area contributed by atoms with Crippen LogP contribution >= 0.6 is 11.8 Å². The van der Waals surface area contributed by atoms with Crippen LogP contribution in [0.2, 0.25) is 0 Å². The molecule has 1 aromatic heterocycles. The molecule has 4 nitrogen and oxygen atoms in total. The van der Waals surface area contributed by atoms with Crippen LogP contribution in [0.4, 0.5) is 5.69 Å². The van der Waals surface area contributed by atoms with Gasteiger partial charge in [-0.05, 0) is 60.5 Å². The molecule has 0 aliphatic carbocycles. The van der Waals surface area contributed by atoms with Gasteiger partial charge in [-0.15, -0.1) is 0 Å². The van der Waals surface area contributed by atoms with Crippen LogP contribution in [-0.4, -0.2) is 16.1 Å². The van der Waals surface area contributed by atoms with E-state index in [2.05, 4.69) is 82.2 Å². The number of nitrogens with zero attached hydrogens (tertiary/aromatic N) is 4. The SMILES string of the molecule is CCCCN(Cc1cn(Cc2ccc(C#N)cc2)cn1)c1ccc(Sc2ccccc2)cc1. The van der Waals surface area contributed by atoms with Gasteiger partial charge in [0.1, 0.15) is 0 Å². The Morgan fingerprint density at radius 3 is 2.36 bits per heavy atom. The molecule has 5 heteroatoms. The van der Waals surface area contributed by atoms with Crippen molar-refractivity contribution in [3.8, 4) is 6.07 Å². The molecule has 0 saturated carbocycles. The molecule has 0 atom stereocenters. The highest BCUT2D eigenvalue weighted by Gasteiger charge is 2.10. The molecule has 4 aromatic rings. The fourth-order valence-corrected chi connectivity index (χ4v) is 4.50. The number of hydrogen-bond donors (Lipinski definition) is 0. The van der Waals surface area contributed by atoms with Crippen molar-refractivity contribution in [1.82, 2.24) is 9.55 Å². The van der Waals surface area contributed by atoms with Crippen molar-refractivity contribution >= 4 is 17.4 Å². The van der Waals surface area contributed by atoms with Crippen molar-refractivity contribution in [1.29, 1.82) is 5.26 Å². The van der Waals surface area contributed by atoms with Gasteiger partial charge in [-0.1, -0.05) is 55.4 Å². The molecule has 33 heavy (non-hydrogen) atoms. The molecule has 3 aromatic carbocycles. The molecule has 0 N–H and O–H groups in total. The number of imidazole rings is 1. The third kappa shape index (κ3) is 6.50. The summed E-state index contributed by atoms with van der Waals surface area (Å²) in [6.45, 7) is 4.76. The minimum Gasteiger partial charge on any atom is -0.366 e. The van der Waals surface area contributed by atoms with Crippen molar-refractivity contribution in [3.05, 3.63) is 108 Å². The minimum atomic E-state index is 0.685. The van der Waals surface area contributed by atoms with E-state index in [0.717, 1.165) is 43.7 Å². The van der Waals surface area contributed by atoms with Gasteiger partial charge in [-0.3, -0.25) is 0 Å². The molecule has 0 aliphatic heterocycles. The largest absolute Gasteiger partial charge is 0.366 e. The summed E-state index contributed by atoms with van der Waals surface area (Å²) in [7, 11) is 0. The summed E-state index contributed by atoms with van der Waals surface area (Å²) in [6, 6.07) is 29.2. The predicted molar refractivity (Wildman–Crippen MR) is 135 cm³/mol. The normalized spacial score (nSPS) is 10.7. The van der Waals surface area contributed by atoms with Crippen LogP contribution in [0.5, 0.6) is 0 Å². The van der Waals surface area contributed by atoms with E-state index in [1.54, 1.807) is 11.8 Å². The van der Waals surface area contributed by atoms with Crippen LogP contribution in [-0.2, 0) is 13.1 Å². The van der Waals surface area contributed by atoms with E-state index in [4.69, 9.17) is 5.26 Å². The summed E-state index contributed by atoms with van der Waals surface area (Å²) in [5.74, 6) is 0. The first-order valence-electron chi connectivity index (χ1n) is 11.3. The summed E-state index contributed by atoms with van der Waals surface area (Å²) < 4.78 is 2.11. The number of benzene rings is 3. The first kappa shape index (κ1) is 22.7. The number of nitriles is 1. The second kappa shape index (κ2) is 11.4. The molecule has 166 valence electrons. The zero-order valence-corrected chi connectivity index (χ0v) is 19.7. The number of unbranched alkanes of at least 4 members (excludes halogenated alkanes) is 1. The fourth-order valence-electron chi connectivity index (χ4n) is 3.66. The number of aromatic nitrogens is 2. The number of rotatable bonds is 10. The molecule has 4 rings (SSSR count). The molecule has 0 bridgehead atoms. The van der Waals surface area contributed by atoms with E-state index in [0.29, 0.717) is 5.56 Å². The summed E-state index contributed by atoms with van der Waals surface area (Å²) in [5, 5.41) is 8.97. The first-order chi connectivity index (χ1) is 16.2. The molecule has 0 saturated heterocycles. The number of anilines is 1. The van der Waals surface area contributed by atoms with Gasteiger partial charge in [0.25, 0.3) is 0 Å². The zero-order chi connectivity index (χ0) is 22.9. The monoisotopic (exact) mass is 452 g/mol. The fraction of sp³-hybridized carbons (Fsp3) is 0.214. The van der Waals surface area contributed by atoms with Crippen molar-refractivity contribution in [2.24, 2.45) is 0 Å². The summed E-state index contributed by atoms with van der Waals surface area (Å²) in [5.41, 5.74) is 4.13. The van der Waals surface area contributed by atoms with Gasteiger partial charge in [0, 0.05) is 34.8 Å². The number of hydrogen-bond acceptors (Lipinski definition) is 4. The quantitative estimate of drug-likeness (QED) is 0.267. The Labute approximate surface area is 200 Å². The third-order valence-electron chi connectivity index (χ3n) is 5.45. The van der Waals surface area contributed by atoms with Gasteiger partial charge in [-0.25, -0.2) is 4.98 Å². The van der Waals surface area contributed by atoms with Crippen molar-refractivity contribution in [3.63, 3.8) is 0 Å². The molecule has 0 fully saturated rings. The van der Waals surface area contributed by atoms with E-state index in [1.807, 2.05) is 36.7 Å². The lowest BCUT2D eigenvalue weighted by atomic mass is 10.1. The van der Waals surface area contributed by atoms with E-state index < -0.39 is 0 Å². The van der Waals surface area contributed by atoms with Crippen LogP contribution in [0.3, 0.4) is 0 Å². The maximum absolute atomic E-state index is 8.97. The van der Waals surface area contributed by atoms with Gasteiger partial charge < -0.3 is 9.47 Å². The maximum Gasteiger partial charge on any atom is 0.0991 e. The summed E-state index contributed by atoms with van der Waals surface area (Å²) in [4.78, 5) is 9.56. The van der Waals surface area contributed by atoms with Crippen molar-refractivity contribution in [2.45, 2.75) is 42.6 Å². The summed E-state index contributed by atoms with van der Waals surface area (Å²) >= 11 is 1.78. The van der Waals surface area contributed by atoms with Gasteiger partial charge in [0.2, 0.25) is 0 Å².